The van der Waals surface area contributed by atoms with Crippen molar-refractivity contribution in [3.8, 4) is 0 Å². The van der Waals surface area contributed by atoms with E-state index in [0.29, 0.717) is 31.4 Å². The van der Waals surface area contributed by atoms with Crippen molar-refractivity contribution in [2.75, 3.05) is 19.7 Å². The van der Waals surface area contributed by atoms with Crippen molar-refractivity contribution < 1.29 is 19.2 Å². The van der Waals surface area contributed by atoms with Gasteiger partial charge < -0.3 is 14.4 Å². The summed E-state index contributed by atoms with van der Waals surface area (Å²) in [5.74, 6) is 0.665. The normalized spacial score (nSPS) is 20.9. The number of carboxylic acids is 1. The van der Waals surface area contributed by atoms with Gasteiger partial charge in [0.15, 0.2) is 5.82 Å². The van der Waals surface area contributed by atoms with Crippen molar-refractivity contribution in [1.82, 2.24) is 15.0 Å². The number of hydrogen-bond acceptors (Lipinski definition) is 6. The van der Waals surface area contributed by atoms with Crippen LogP contribution in [0, 0.1) is 0 Å². The Morgan fingerprint density at radius 1 is 1.58 bits per heavy atom. The second-order valence-corrected chi connectivity index (χ2v) is 5.03. The van der Waals surface area contributed by atoms with Crippen LogP contribution in [0.5, 0.6) is 0 Å². The van der Waals surface area contributed by atoms with E-state index in [9.17, 15) is 4.79 Å². The monoisotopic (exact) mass is 269 g/mol. The lowest BCUT2D eigenvalue weighted by Crippen LogP contribution is -2.42. The molecular formula is C12H19N3O4. The lowest BCUT2D eigenvalue weighted by molar-refractivity contribution is -0.142. The maximum absolute atomic E-state index is 10.7. The number of morpholine rings is 1. The zero-order valence-electron chi connectivity index (χ0n) is 11.2. The Kier molecular flexibility index (Phi) is 4.49. The van der Waals surface area contributed by atoms with Crippen LogP contribution in [-0.4, -0.2) is 51.9 Å². The van der Waals surface area contributed by atoms with E-state index >= 15 is 0 Å². The summed E-state index contributed by atoms with van der Waals surface area (Å²) in [7, 11) is 0. The molecule has 106 valence electrons. The number of aromatic nitrogens is 2. The Morgan fingerprint density at radius 3 is 3.00 bits per heavy atom. The van der Waals surface area contributed by atoms with E-state index in [1.54, 1.807) is 0 Å². The first-order valence-corrected chi connectivity index (χ1v) is 6.43. The molecule has 2 rings (SSSR count). The summed E-state index contributed by atoms with van der Waals surface area (Å²) < 4.78 is 10.6. The molecule has 0 aromatic carbocycles. The first kappa shape index (κ1) is 14.0. The van der Waals surface area contributed by atoms with Gasteiger partial charge in [0.1, 0.15) is 0 Å². The highest BCUT2D eigenvalue weighted by molar-refractivity contribution is 5.67. The molecule has 1 unspecified atom stereocenters. The minimum absolute atomic E-state index is 0.0254. The van der Waals surface area contributed by atoms with Crippen molar-refractivity contribution in [2.24, 2.45) is 0 Å². The highest BCUT2D eigenvalue weighted by atomic mass is 16.5. The lowest BCUT2D eigenvalue weighted by atomic mass is 10.2. The second-order valence-electron chi connectivity index (χ2n) is 5.03. The average Bonchev–Trinajstić information content (AvgIpc) is 2.77. The minimum Gasteiger partial charge on any atom is -0.481 e. The minimum atomic E-state index is -0.841. The first-order chi connectivity index (χ1) is 9.04. The molecular weight excluding hydrogens is 250 g/mol. The molecule has 1 aliphatic rings. The number of rotatable bonds is 5. The summed E-state index contributed by atoms with van der Waals surface area (Å²) in [6.45, 7) is 6.40. The van der Waals surface area contributed by atoms with Gasteiger partial charge in [-0.05, 0) is 0 Å². The van der Waals surface area contributed by atoms with Gasteiger partial charge in [0.2, 0.25) is 5.89 Å². The highest BCUT2D eigenvalue weighted by Gasteiger charge is 2.24. The molecule has 7 heteroatoms. The molecule has 0 aliphatic carbocycles. The number of hydrogen-bond donors (Lipinski definition) is 1. The number of ether oxygens (including phenoxy) is 1. The molecule has 1 atom stereocenters. The van der Waals surface area contributed by atoms with Gasteiger partial charge in [-0.1, -0.05) is 19.0 Å². The quantitative estimate of drug-likeness (QED) is 0.848. The van der Waals surface area contributed by atoms with Gasteiger partial charge >= 0.3 is 5.97 Å². The summed E-state index contributed by atoms with van der Waals surface area (Å²) >= 11 is 0. The number of nitrogens with zero attached hydrogens (tertiary/aromatic N) is 3. The van der Waals surface area contributed by atoms with Crippen molar-refractivity contribution >= 4 is 5.97 Å². The number of aliphatic carboxylic acids is 1. The summed E-state index contributed by atoms with van der Waals surface area (Å²) in [5.41, 5.74) is 0. The van der Waals surface area contributed by atoms with Crippen molar-refractivity contribution in [2.45, 2.75) is 38.8 Å². The fraction of sp³-hybridized carbons (Fsp3) is 0.750. The standard InChI is InChI=1S/C12H19N3O4/c1-8(2)12-13-10(19-14-12)7-15-3-4-18-9(6-15)5-11(16)17/h8-9H,3-7H2,1-2H3,(H,16,17). The molecule has 1 aliphatic heterocycles. The van der Waals surface area contributed by atoms with Crippen molar-refractivity contribution in [1.29, 1.82) is 0 Å². The molecule has 1 N–H and O–H groups in total. The molecule has 1 aromatic rings. The molecule has 0 bridgehead atoms. The Hall–Kier alpha value is -1.47. The van der Waals surface area contributed by atoms with Crippen molar-refractivity contribution in [3.63, 3.8) is 0 Å². The molecule has 1 aromatic heterocycles. The topological polar surface area (TPSA) is 88.7 Å². The summed E-state index contributed by atoms with van der Waals surface area (Å²) in [4.78, 5) is 17.1. The summed E-state index contributed by atoms with van der Waals surface area (Å²) in [5, 5.41) is 12.7. The van der Waals surface area contributed by atoms with Crippen LogP contribution in [0.1, 0.15) is 37.9 Å². The SMILES string of the molecule is CC(C)c1noc(CN2CCOC(CC(=O)O)C2)n1. The van der Waals surface area contributed by atoms with E-state index < -0.39 is 5.97 Å². The van der Waals surface area contributed by atoms with E-state index in [-0.39, 0.29) is 18.4 Å². The fourth-order valence-corrected chi connectivity index (χ4v) is 2.00. The van der Waals surface area contributed by atoms with Crippen molar-refractivity contribution in [3.05, 3.63) is 11.7 Å². The van der Waals surface area contributed by atoms with Gasteiger partial charge in [-0.2, -0.15) is 4.98 Å². The van der Waals surface area contributed by atoms with Crippen LogP contribution in [0.15, 0.2) is 4.52 Å². The van der Waals surface area contributed by atoms with Crippen LogP contribution in [0.2, 0.25) is 0 Å². The third kappa shape index (κ3) is 4.00. The van der Waals surface area contributed by atoms with Crippen LogP contribution in [0.4, 0.5) is 0 Å². The molecule has 2 heterocycles. The van der Waals surface area contributed by atoms with E-state index in [0.717, 1.165) is 6.54 Å². The third-order valence-electron chi connectivity index (χ3n) is 2.98. The van der Waals surface area contributed by atoms with Gasteiger partial charge in [0.05, 0.1) is 25.7 Å². The van der Waals surface area contributed by atoms with Crippen LogP contribution in [0.3, 0.4) is 0 Å². The Labute approximate surface area is 111 Å². The van der Waals surface area contributed by atoms with Crippen LogP contribution in [-0.2, 0) is 16.1 Å². The Bertz CT molecular complexity index is 432. The van der Waals surface area contributed by atoms with E-state index in [1.807, 2.05) is 13.8 Å². The Balaban J connectivity index is 1.89. The Morgan fingerprint density at radius 2 is 2.37 bits per heavy atom. The molecule has 0 radical (unpaired) electrons. The maximum Gasteiger partial charge on any atom is 0.306 e. The van der Waals surface area contributed by atoms with Gasteiger partial charge in [0, 0.05) is 19.0 Å². The maximum atomic E-state index is 10.7. The third-order valence-corrected chi connectivity index (χ3v) is 2.98. The smallest absolute Gasteiger partial charge is 0.306 e. The number of carboxylic acid groups (broad SMARTS) is 1. The predicted molar refractivity (Wildman–Crippen MR) is 65.7 cm³/mol. The van der Waals surface area contributed by atoms with E-state index in [2.05, 4.69) is 15.0 Å². The molecule has 1 fully saturated rings. The largest absolute Gasteiger partial charge is 0.481 e. The predicted octanol–water partition coefficient (Wildman–Crippen LogP) is 0.869. The molecule has 0 spiro atoms. The van der Waals surface area contributed by atoms with Gasteiger partial charge in [-0.3, -0.25) is 9.69 Å². The highest BCUT2D eigenvalue weighted by Crippen LogP contribution is 2.14. The zero-order chi connectivity index (χ0) is 13.8. The summed E-state index contributed by atoms with van der Waals surface area (Å²) in [6, 6.07) is 0. The fourth-order valence-electron chi connectivity index (χ4n) is 2.00. The van der Waals surface area contributed by atoms with Gasteiger partial charge in [0.25, 0.3) is 0 Å². The summed E-state index contributed by atoms with van der Waals surface area (Å²) in [6.07, 6.45) is -0.240. The zero-order valence-corrected chi connectivity index (χ0v) is 11.2. The van der Waals surface area contributed by atoms with Crippen LogP contribution < -0.4 is 0 Å². The molecule has 1 saturated heterocycles. The lowest BCUT2D eigenvalue weighted by Gasteiger charge is -2.31. The first-order valence-electron chi connectivity index (χ1n) is 6.43. The molecule has 7 nitrogen and oxygen atoms in total. The molecule has 0 saturated carbocycles. The molecule has 19 heavy (non-hydrogen) atoms. The van der Waals surface area contributed by atoms with Crippen LogP contribution >= 0.6 is 0 Å². The molecule has 0 amide bonds. The number of carbonyl (C=O) groups is 1. The van der Waals surface area contributed by atoms with Crippen LogP contribution in [0.25, 0.3) is 0 Å². The van der Waals surface area contributed by atoms with Gasteiger partial charge in [-0.25, -0.2) is 0 Å². The average molecular weight is 269 g/mol. The van der Waals surface area contributed by atoms with E-state index in [1.165, 1.54) is 0 Å². The second kappa shape index (κ2) is 6.12. The van der Waals surface area contributed by atoms with E-state index in [4.69, 9.17) is 14.4 Å². The van der Waals surface area contributed by atoms with Gasteiger partial charge in [-0.15, -0.1) is 0 Å².